The third-order valence-corrected chi connectivity index (χ3v) is 4.44. The molecule has 3 aromatic rings. The van der Waals surface area contributed by atoms with Crippen LogP contribution in [0.2, 0.25) is 5.02 Å². The highest BCUT2D eigenvalue weighted by Crippen LogP contribution is 2.29. The van der Waals surface area contributed by atoms with Gasteiger partial charge in [0.2, 0.25) is 0 Å². The van der Waals surface area contributed by atoms with E-state index in [9.17, 15) is 9.59 Å². The number of ether oxygens (including phenoxy) is 1. The van der Waals surface area contributed by atoms with Crippen molar-refractivity contribution in [2.45, 2.75) is 0 Å². The summed E-state index contributed by atoms with van der Waals surface area (Å²) in [6.45, 7) is -0.232. The predicted molar refractivity (Wildman–Crippen MR) is 120 cm³/mol. The van der Waals surface area contributed by atoms with Crippen LogP contribution >= 0.6 is 23.8 Å². The molecule has 3 rings (SSSR count). The normalized spacial score (nSPS) is 10.0. The van der Waals surface area contributed by atoms with Crippen LogP contribution in [-0.4, -0.2) is 23.5 Å². The quantitative estimate of drug-likeness (QED) is 0.417. The maximum Gasteiger partial charge on any atom is 0.276 e. The molecule has 6 nitrogen and oxygen atoms in total. The molecule has 0 aromatic heterocycles. The number of carbonyl (C=O) groups is 2. The van der Waals surface area contributed by atoms with Gasteiger partial charge in [-0.25, -0.2) is 0 Å². The van der Waals surface area contributed by atoms with E-state index in [2.05, 4.69) is 16.2 Å². The molecule has 3 aromatic carbocycles. The third kappa shape index (κ3) is 6.04. The summed E-state index contributed by atoms with van der Waals surface area (Å²) in [6.07, 6.45) is 0. The lowest BCUT2D eigenvalue weighted by molar-refractivity contribution is -0.123. The number of para-hydroxylation sites is 1. The maximum atomic E-state index is 12.1. The van der Waals surface area contributed by atoms with Crippen molar-refractivity contribution in [2.75, 3.05) is 6.61 Å². The summed E-state index contributed by atoms with van der Waals surface area (Å²) in [4.78, 5) is 24.2. The van der Waals surface area contributed by atoms with E-state index in [0.717, 1.165) is 11.1 Å². The first-order chi connectivity index (χ1) is 14.5. The van der Waals surface area contributed by atoms with Crippen LogP contribution in [0.25, 0.3) is 11.1 Å². The molecule has 0 atom stereocenters. The van der Waals surface area contributed by atoms with Crippen molar-refractivity contribution >= 4 is 40.7 Å². The van der Waals surface area contributed by atoms with Crippen LogP contribution in [0.5, 0.6) is 5.75 Å². The van der Waals surface area contributed by atoms with Crippen molar-refractivity contribution in [3.8, 4) is 16.9 Å². The number of hydrogen-bond donors (Lipinski definition) is 3. The van der Waals surface area contributed by atoms with Gasteiger partial charge in [-0.2, -0.15) is 0 Å². The van der Waals surface area contributed by atoms with Crippen molar-refractivity contribution in [2.24, 2.45) is 0 Å². The molecular weight excluding hydrogens is 422 g/mol. The van der Waals surface area contributed by atoms with Crippen LogP contribution in [0.3, 0.4) is 0 Å². The van der Waals surface area contributed by atoms with Gasteiger partial charge in [0, 0.05) is 16.1 Å². The average Bonchev–Trinajstić information content (AvgIpc) is 2.77. The van der Waals surface area contributed by atoms with E-state index >= 15 is 0 Å². The molecule has 3 N–H and O–H groups in total. The zero-order valence-electron chi connectivity index (χ0n) is 15.7. The molecule has 0 aliphatic carbocycles. The highest BCUT2D eigenvalue weighted by Gasteiger charge is 2.10. The smallest absolute Gasteiger partial charge is 0.276 e. The van der Waals surface area contributed by atoms with Gasteiger partial charge >= 0.3 is 0 Å². The molecule has 0 bridgehead atoms. The van der Waals surface area contributed by atoms with E-state index in [1.165, 1.54) is 0 Å². The summed E-state index contributed by atoms with van der Waals surface area (Å²) >= 11 is 10.8. The van der Waals surface area contributed by atoms with E-state index in [1.807, 2.05) is 48.5 Å². The highest BCUT2D eigenvalue weighted by atomic mass is 35.5. The number of amides is 2. The number of nitrogens with one attached hydrogen (secondary N) is 3. The average molecular weight is 440 g/mol. The summed E-state index contributed by atoms with van der Waals surface area (Å²) in [5, 5.41) is 2.93. The van der Waals surface area contributed by atoms with Crippen LogP contribution in [0.1, 0.15) is 10.4 Å². The van der Waals surface area contributed by atoms with E-state index in [-0.39, 0.29) is 11.7 Å². The van der Waals surface area contributed by atoms with Crippen LogP contribution in [-0.2, 0) is 4.79 Å². The second kappa shape index (κ2) is 10.4. The number of halogens is 1. The van der Waals surface area contributed by atoms with Crippen molar-refractivity contribution < 1.29 is 14.3 Å². The molecule has 8 heteroatoms. The Morgan fingerprint density at radius 3 is 2.27 bits per heavy atom. The van der Waals surface area contributed by atoms with Gasteiger partial charge in [-0.1, -0.05) is 60.1 Å². The first-order valence-electron chi connectivity index (χ1n) is 8.96. The summed E-state index contributed by atoms with van der Waals surface area (Å²) < 4.78 is 5.65. The first-order valence-corrected chi connectivity index (χ1v) is 9.74. The fourth-order valence-electron chi connectivity index (χ4n) is 2.56. The molecule has 30 heavy (non-hydrogen) atoms. The minimum absolute atomic E-state index is 0.0482. The van der Waals surface area contributed by atoms with E-state index in [4.69, 9.17) is 28.6 Å². The third-order valence-electron chi connectivity index (χ3n) is 3.98. The molecular formula is C22H18ClN3O3S. The van der Waals surface area contributed by atoms with Crippen molar-refractivity contribution in [3.63, 3.8) is 0 Å². The molecule has 0 aliphatic heterocycles. The van der Waals surface area contributed by atoms with E-state index in [1.54, 1.807) is 30.3 Å². The number of hydrogen-bond acceptors (Lipinski definition) is 4. The maximum absolute atomic E-state index is 12.1. The molecule has 2 amide bonds. The number of rotatable bonds is 5. The summed E-state index contributed by atoms with van der Waals surface area (Å²) in [5.74, 6) is -0.301. The molecule has 152 valence electrons. The Bertz CT molecular complexity index is 1040. The fraction of sp³-hybridized carbons (Fsp3) is 0.0455. The van der Waals surface area contributed by atoms with Gasteiger partial charge in [0.1, 0.15) is 5.75 Å². The van der Waals surface area contributed by atoms with Gasteiger partial charge in [-0.3, -0.25) is 25.8 Å². The van der Waals surface area contributed by atoms with Crippen LogP contribution in [0, 0.1) is 0 Å². The number of hydrazine groups is 1. The van der Waals surface area contributed by atoms with E-state index in [0.29, 0.717) is 16.3 Å². The molecule has 0 saturated heterocycles. The predicted octanol–water partition coefficient (Wildman–Crippen LogP) is 3.72. The van der Waals surface area contributed by atoms with Crippen molar-refractivity contribution in [3.05, 3.63) is 89.4 Å². The zero-order chi connectivity index (χ0) is 21.3. The van der Waals surface area contributed by atoms with Crippen molar-refractivity contribution in [1.29, 1.82) is 0 Å². The van der Waals surface area contributed by atoms with Gasteiger partial charge in [0.25, 0.3) is 11.8 Å². The van der Waals surface area contributed by atoms with Gasteiger partial charge in [0.15, 0.2) is 11.7 Å². The second-order valence-corrected chi connectivity index (χ2v) is 6.96. The van der Waals surface area contributed by atoms with Crippen LogP contribution < -0.4 is 20.9 Å². The minimum atomic E-state index is -0.457. The Hall–Kier alpha value is -3.42. The lowest BCUT2D eigenvalue weighted by atomic mass is 10.1. The number of carbonyl (C=O) groups excluding carboxylic acids is 2. The molecule has 0 aliphatic rings. The van der Waals surface area contributed by atoms with Gasteiger partial charge in [-0.15, -0.1) is 0 Å². The fourth-order valence-corrected chi connectivity index (χ4v) is 2.83. The molecule has 0 radical (unpaired) electrons. The standard InChI is InChI=1S/C22H18ClN3O3S/c23-17-12-10-16(11-13-17)21(28)24-22(30)26-25-20(27)14-29-19-9-5-4-8-18(19)15-6-2-1-3-7-15/h1-13H,14H2,(H,25,27)(H2,24,26,28,30). The SMILES string of the molecule is O=C(COc1ccccc1-c1ccccc1)NNC(=S)NC(=O)c1ccc(Cl)cc1. The van der Waals surface area contributed by atoms with Gasteiger partial charge < -0.3 is 4.74 Å². The monoisotopic (exact) mass is 439 g/mol. The Labute approximate surface area is 184 Å². The van der Waals surface area contributed by atoms with Gasteiger partial charge in [0.05, 0.1) is 0 Å². The molecule has 0 saturated carbocycles. The lowest BCUT2D eigenvalue weighted by Crippen LogP contribution is -2.49. The van der Waals surface area contributed by atoms with E-state index < -0.39 is 11.8 Å². The first kappa shape index (κ1) is 21.3. The Kier molecular flexibility index (Phi) is 7.37. The Morgan fingerprint density at radius 1 is 0.867 bits per heavy atom. The zero-order valence-corrected chi connectivity index (χ0v) is 17.3. The summed E-state index contributed by atoms with van der Waals surface area (Å²) in [7, 11) is 0. The molecule has 0 unspecified atom stereocenters. The highest BCUT2D eigenvalue weighted by molar-refractivity contribution is 7.80. The second-order valence-electron chi connectivity index (χ2n) is 6.11. The Morgan fingerprint density at radius 2 is 1.53 bits per heavy atom. The lowest BCUT2D eigenvalue weighted by Gasteiger charge is -2.13. The summed E-state index contributed by atoms with van der Waals surface area (Å²) in [6, 6.07) is 23.5. The molecule has 0 fully saturated rings. The number of thiocarbonyl (C=S) groups is 1. The summed E-state index contributed by atoms with van der Waals surface area (Å²) in [5.41, 5.74) is 7.11. The van der Waals surface area contributed by atoms with Crippen LogP contribution in [0.15, 0.2) is 78.9 Å². The van der Waals surface area contributed by atoms with Gasteiger partial charge in [-0.05, 0) is 48.1 Å². The molecule has 0 spiro atoms. The Balaban J connectivity index is 1.48. The number of benzene rings is 3. The topological polar surface area (TPSA) is 79.5 Å². The largest absolute Gasteiger partial charge is 0.483 e. The van der Waals surface area contributed by atoms with Crippen LogP contribution in [0.4, 0.5) is 0 Å². The molecule has 0 heterocycles. The minimum Gasteiger partial charge on any atom is -0.483 e. The van der Waals surface area contributed by atoms with Crippen molar-refractivity contribution in [1.82, 2.24) is 16.2 Å².